The fourth-order valence-electron chi connectivity index (χ4n) is 1.79. The van der Waals surface area contributed by atoms with Gasteiger partial charge in [0.15, 0.2) is 11.5 Å². The number of aromatic nitrogens is 2. The zero-order valence-electron chi connectivity index (χ0n) is 10.8. The van der Waals surface area contributed by atoms with Crippen molar-refractivity contribution in [1.29, 1.82) is 0 Å². The molecule has 0 aliphatic rings. The Labute approximate surface area is 116 Å². The van der Waals surface area contributed by atoms with E-state index < -0.39 is 0 Å². The Morgan fingerprint density at radius 3 is 2.26 bits per heavy atom. The van der Waals surface area contributed by atoms with Gasteiger partial charge in [-0.15, -0.1) is 0 Å². The first-order valence-electron chi connectivity index (χ1n) is 5.49. The minimum atomic E-state index is 0.175. The van der Waals surface area contributed by atoms with Crippen molar-refractivity contribution >= 4 is 11.6 Å². The van der Waals surface area contributed by atoms with E-state index in [0.717, 1.165) is 5.56 Å². The number of hydrogen-bond acceptors (Lipinski definition) is 5. The molecule has 1 aromatic carbocycles. The lowest BCUT2D eigenvalue weighted by Crippen LogP contribution is -1.98. The highest BCUT2D eigenvalue weighted by molar-refractivity contribution is 6.28. The molecule has 1 heterocycles. The molecular formula is C13H13ClN2O3. The van der Waals surface area contributed by atoms with Gasteiger partial charge in [0, 0.05) is 11.8 Å². The highest BCUT2D eigenvalue weighted by atomic mass is 35.5. The molecule has 1 aromatic heterocycles. The lowest BCUT2D eigenvalue weighted by Gasteiger charge is -2.15. The van der Waals surface area contributed by atoms with Gasteiger partial charge in [-0.05, 0) is 29.8 Å². The van der Waals surface area contributed by atoms with E-state index in [4.69, 9.17) is 25.8 Å². The molecule has 0 saturated carbocycles. The van der Waals surface area contributed by atoms with Gasteiger partial charge < -0.3 is 14.2 Å². The Morgan fingerprint density at radius 1 is 0.947 bits per heavy atom. The second-order valence-corrected chi connectivity index (χ2v) is 3.93. The van der Waals surface area contributed by atoms with Crippen LogP contribution in [0.1, 0.15) is 0 Å². The maximum atomic E-state index is 5.80. The topological polar surface area (TPSA) is 53.5 Å². The third-order valence-corrected chi connectivity index (χ3v) is 2.79. The summed E-state index contributed by atoms with van der Waals surface area (Å²) < 4.78 is 15.9. The van der Waals surface area contributed by atoms with Crippen LogP contribution in [-0.2, 0) is 0 Å². The summed E-state index contributed by atoms with van der Waals surface area (Å²) in [7, 11) is 4.68. The summed E-state index contributed by atoms with van der Waals surface area (Å²) in [5.74, 6) is 1.64. The van der Waals surface area contributed by atoms with Crippen LogP contribution in [0.4, 0.5) is 0 Å². The zero-order chi connectivity index (χ0) is 13.8. The molecule has 100 valence electrons. The average Bonchev–Trinajstić information content (AvgIpc) is 2.45. The van der Waals surface area contributed by atoms with E-state index in [0.29, 0.717) is 22.9 Å². The van der Waals surface area contributed by atoms with Gasteiger partial charge in [-0.2, -0.15) is 0 Å². The number of ether oxygens (including phenoxy) is 3. The maximum absolute atomic E-state index is 5.80. The SMILES string of the molecule is COc1ccc(-c2ccnc(Cl)n2)c(OC)c1OC. The summed E-state index contributed by atoms with van der Waals surface area (Å²) in [6, 6.07) is 5.36. The van der Waals surface area contributed by atoms with Crippen LogP contribution in [-0.4, -0.2) is 31.3 Å². The van der Waals surface area contributed by atoms with Crippen LogP contribution in [0.15, 0.2) is 24.4 Å². The van der Waals surface area contributed by atoms with Crippen LogP contribution in [0.2, 0.25) is 5.28 Å². The molecule has 0 aliphatic carbocycles. The van der Waals surface area contributed by atoms with Crippen molar-refractivity contribution in [3.8, 4) is 28.5 Å². The van der Waals surface area contributed by atoms with Crippen LogP contribution >= 0.6 is 11.6 Å². The number of rotatable bonds is 4. The Morgan fingerprint density at radius 2 is 1.68 bits per heavy atom. The summed E-state index contributed by atoms with van der Waals surface area (Å²) in [5, 5.41) is 0.175. The fraction of sp³-hybridized carbons (Fsp3) is 0.231. The normalized spacial score (nSPS) is 10.1. The van der Waals surface area contributed by atoms with Crippen LogP contribution in [0.3, 0.4) is 0 Å². The molecule has 0 aliphatic heterocycles. The number of halogens is 1. The van der Waals surface area contributed by atoms with E-state index in [1.165, 1.54) is 0 Å². The van der Waals surface area contributed by atoms with Crippen LogP contribution in [0.25, 0.3) is 11.3 Å². The Bertz CT molecular complexity index is 590. The van der Waals surface area contributed by atoms with Gasteiger partial charge in [-0.25, -0.2) is 9.97 Å². The van der Waals surface area contributed by atoms with E-state index in [1.807, 2.05) is 6.07 Å². The molecule has 0 radical (unpaired) electrons. The van der Waals surface area contributed by atoms with Crippen molar-refractivity contribution in [2.75, 3.05) is 21.3 Å². The smallest absolute Gasteiger partial charge is 0.222 e. The molecule has 19 heavy (non-hydrogen) atoms. The van der Waals surface area contributed by atoms with Gasteiger partial charge in [0.2, 0.25) is 11.0 Å². The Balaban J connectivity index is 2.64. The van der Waals surface area contributed by atoms with Gasteiger partial charge >= 0.3 is 0 Å². The molecule has 0 fully saturated rings. The average molecular weight is 281 g/mol. The van der Waals surface area contributed by atoms with E-state index in [9.17, 15) is 0 Å². The van der Waals surface area contributed by atoms with Crippen molar-refractivity contribution in [3.05, 3.63) is 29.7 Å². The molecule has 0 N–H and O–H groups in total. The van der Waals surface area contributed by atoms with Crippen molar-refractivity contribution < 1.29 is 14.2 Å². The second-order valence-electron chi connectivity index (χ2n) is 3.59. The largest absolute Gasteiger partial charge is 0.493 e. The monoisotopic (exact) mass is 280 g/mol. The summed E-state index contributed by atoms with van der Waals surface area (Å²) in [6.07, 6.45) is 1.58. The molecule has 0 saturated heterocycles. The highest BCUT2D eigenvalue weighted by Crippen LogP contribution is 2.43. The molecule has 2 aromatic rings. The molecule has 0 bridgehead atoms. The van der Waals surface area contributed by atoms with Crippen molar-refractivity contribution in [1.82, 2.24) is 9.97 Å². The van der Waals surface area contributed by atoms with Crippen molar-refractivity contribution in [2.24, 2.45) is 0 Å². The first-order chi connectivity index (χ1) is 9.21. The number of benzene rings is 1. The summed E-state index contributed by atoms with van der Waals surface area (Å²) in [4.78, 5) is 8.02. The Hall–Kier alpha value is -2.01. The fourth-order valence-corrected chi connectivity index (χ4v) is 1.94. The van der Waals surface area contributed by atoms with Crippen molar-refractivity contribution in [2.45, 2.75) is 0 Å². The number of hydrogen-bond donors (Lipinski definition) is 0. The molecule has 0 unspecified atom stereocenters. The first-order valence-corrected chi connectivity index (χ1v) is 5.87. The Kier molecular flexibility index (Phi) is 4.06. The number of nitrogens with zero attached hydrogens (tertiary/aromatic N) is 2. The quantitative estimate of drug-likeness (QED) is 0.806. The van der Waals surface area contributed by atoms with Crippen LogP contribution in [0.5, 0.6) is 17.2 Å². The second kappa shape index (κ2) is 5.75. The first kappa shape index (κ1) is 13.4. The summed E-state index contributed by atoms with van der Waals surface area (Å²) in [6.45, 7) is 0. The lowest BCUT2D eigenvalue weighted by atomic mass is 10.1. The van der Waals surface area contributed by atoms with Crippen LogP contribution < -0.4 is 14.2 Å². The van der Waals surface area contributed by atoms with Crippen molar-refractivity contribution in [3.63, 3.8) is 0 Å². The summed E-state index contributed by atoms with van der Waals surface area (Å²) >= 11 is 5.80. The lowest BCUT2D eigenvalue weighted by molar-refractivity contribution is 0.325. The van der Waals surface area contributed by atoms with E-state index in [2.05, 4.69) is 9.97 Å². The molecule has 5 nitrogen and oxygen atoms in total. The zero-order valence-corrected chi connectivity index (χ0v) is 11.6. The van der Waals surface area contributed by atoms with E-state index >= 15 is 0 Å². The van der Waals surface area contributed by atoms with Gasteiger partial charge in [0.25, 0.3) is 0 Å². The predicted octanol–water partition coefficient (Wildman–Crippen LogP) is 2.82. The molecule has 6 heteroatoms. The minimum Gasteiger partial charge on any atom is -0.493 e. The molecule has 0 atom stereocenters. The van der Waals surface area contributed by atoms with Gasteiger partial charge in [0.05, 0.1) is 27.0 Å². The van der Waals surface area contributed by atoms with E-state index in [1.54, 1.807) is 39.7 Å². The van der Waals surface area contributed by atoms with E-state index in [-0.39, 0.29) is 5.28 Å². The third kappa shape index (κ3) is 2.56. The maximum Gasteiger partial charge on any atom is 0.222 e. The molecule has 0 spiro atoms. The predicted molar refractivity (Wildman–Crippen MR) is 72.1 cm³/mol. The minimum absolute atomic E-state index is 0.175. The summed E-state index contributed by atoms with van der Waals surface area (Å²) in [5.41, 5.74) is 1.40. The highest BCUT2D eigenvalue weighted by Gasteiger charge is 2.17. The van der Waals surface area contributed by atoms with Gasteiger partial charge in [-0.1, -0.05) is 0 Å². The van der Waals surface area contributed by atoms with Crippen LogP contribution in [0, 0.1) is 0 Å². The standard InChI is InChI=1S/C13H13ClN2O3/c1-17-10-5-4-8(11(18-2)12(10)19-3)9-6-7-15-13(14)16-9/h4-7H,1-3H3. The molecular weight excluding hydrogens is 268 g/mol. The number of methoxy groups -OCH3 is 3. The van der Waals surface area contributed by atoms with Gasteiger partial charge in [0.1, 0.15) is 0 Å². The van der Waals surface area contributed by atoms with Gasteiger partial charge in [-0.3, -0.25) is 0 Å². The molecule has 2 rings (SSSR count). The molecule has 0 amide bonds. The third-order valence-electron chi connectivity index (χ3n) is 2.61.